The highest BCUT2D eigenvalue weighted by Gasteiger charge is 2.14. The van der Waals surface area contributed by atoms with Crippen LogP contribution < -0.4 is 10.6 Å². The summed E-state index contributed by atoms with van der Waals surface area (Å²) in [5.74, 6) is -0.443. The zero-order valence-corrected chi connectivity index (χ0v) is 14.0. The molecular formula is C17H14FN3O3S. The summed E-state index contributed by atoms with van der Waals surface area (Å²) in [6, 6.07) is 7.07. The molecule has 2 N–H and O–H groups in total. The van der Waals surface area contributed by atoms with Crippen LogP contribution in [-0.2, 0) is 11.2 Å². The molecule has 0 unspecified atom stereocenters. The first-order chi connectivity index (χ1) is 12.0. The van der Waals surface area contributed by atoms with Gasteiger partial charge in [-0.2, -0.15) is 0 Å². The van der Waals surface area contributed by atoms with E-state index in [1.807, 2.05) is 0 Å². The Balaban J connectivity index is 1.58. The Labute approximate surface area is 146 Å². The third-order valence-corrected chi connectivity index (χ3v) is 4.15. The lowest BCUT2D eigenvalue weighted by Gasteiger charge is -2.03. The fraction of sp³-hybridized carbons (Fsp3) is 0.118. The average molecular weight is 359 g/mol. The van der Waals surface area contributed by atoms with Crippen molar-refractivity contribution < 1.29 is 18.4 Å². The number of hydrogen-bond acceptors (Lipinski definition) is 5. The fourth-order valence-electron chi connectivity index (χ4n) is 2.13. The Bertz CT molecular complexity index is 902. The van der Waals surface area contributed by atoms with Gasteiger partial charge in [0.1, 0.15) is 11.6 Å². The maximum atomic E-state index is 12.8. The van der Waals surface area contributed by atoms with Crippen LogP contribution in [0.3, 0.4) is 0 Å². The Hall–Kier alpha value is -3.00. The second-order valence-corrected chi connectivity index (χ2v) is 6.08. The molecule has 0 radical (unpaired) electrons. The van der Waals surface area contributed by atoms with Crippen molar-refractivity contribution in [2.75, 3.05) is 10.6 Å². The number of nitrogens with one attached hydrogen (secondary N) is 2. The van der Waals surface area contributed by atoms with Crippen LogP contribution in [0.25, 0.3) is 0 Å². The van der Waals surface area contributed by atoms with Gasteiger partial charge < -0.3 is 9.73 Å². The van der Waals surface area contributed by atoms with E-state index in [0.29, 0.717) is 27.8 Å². The summed E-state index contributed by atoms with van der Waals surface area (Å²) in [6.07, 6.45) is 1.49. The summed E-state index contributed by atoms with van der Waals surface area (Å²) in [7, 11) is 0. The second kappa shape index (κ2) is 7.27. The summed E-state index contributed by atoms with van der Waals surface area (Å²) < 4.78 is 17.9. The lowest BCUT2D eigenvalue weighted by Crippen LogP contribution is -2.15. The number of aromatic nitrogens is 1. The van der Waals surface area contributed by atoms with Crippen LogP contribution in [0.1, 0.15) is 21.8 Å². The molecule has 0 aliphatic heterocycles. The van der Waals surface area contributed by atoms with Crippen molar-refractivity contribution in [3.63, 3.8) is 0 Å². The molecule has 0 saturated heterocycles. The molecule has 0 aliphatic carbocycles. The monoisotopic (exact) mass is 359 g/mol. The molecule has 0 atom stereocenters. The summed E-state index contributed by atoms with van der Waals surface area (Å²) in [5.41, 5.74) is 1.47. The van der Waals surface area contributed by atoms with Gasteiger partial charge in [0.05, 0.1) is 23.9 Å². The van der Waals surface area contributed by atoms with Crippen molar-refractivity contribution in [2.24, 2.45) is 0 Å². The van der Waals surface area contributed by atoms with Gasteiger partial charge in [-0.25, -0.2) is 9.37 Å². The highest BCUT2D eigenvalue weighted by Crippen LogP contribution is 2.19. The number of rotatable bonds is 5. The average Bonchev–Trinajstić information content (AvgIpc) is 3.18. The zero-order valence-electron chi connectivity index (χ0n) is 13.2. The third kappa shape index (κ3) is 4.30. The molecule has 0 aliphatic rings. The Kier molecular flexibility index (Phi) is 4.90. The van der Waals surface area contributed by atoms with Gasteiger partial charge in [0.25, 0.3) is 5.91 Å². The molecule has 2 aromatic heterocycles. The first-order valence-electron chi connectivity index (χ1n) is 7.36. The van der Waals surface area contributed by atoms with Gasteiger partial charge in [0.15, 0.2) is 5.13 Å². The molecule has 6 nitrogen and oxygen atoms in total. The topological polar surface area (TPSA) is 84.2 Å². The van der Waals surface area contributed by atoms with Gasteiger partial charge in [-0.1, -0.05) is 0 Å². The van der Waals surface area contributed by atoms with E-state index in [4.69, 9.17) is 4.42 Å². The molecule has 3 rings (SSSR count). The predicted octanol–water partition coefficient (Wildman–Crippen LogP) is 3.62. The number of carbonyl (C=O) groups is 2. The van der Waals surface area contributed by atoms with Crippen LogP contribution in [0.2, 0.25) is 0 Å². The van der Waals surface area contributed by atoms with E-state index < -0.39 is 0 Å². The molecule has 2 heterocycles. The molecule has 128 valence electrons. The van der Waals surface area contributed by atoms with Crippen LogP contribution in [0.4, 0.5) is 15.2 Å². The van der Waals surface area contributed by atoms with Gasteiger partial charge in [-0.15, -0.1) is 11.3 Å². The largest absolute Gasteiger partial charge is 0.469 e. The highest BCUT2D eigenvalue weighted by atomic mass is 32.1. The number of thiazole rings is 1. The van der Waals surface area contributed by atoms with Crippen molar-refractivity contribution in [2.45, 2.75) is 13.3 Å². The van der Waals surface area contributed by atoms with Gasteiger partial charge in [-0.3, -0.25) is 14.9 Å². The predicted molar refractivity (Wildman–Crippen MR) is 92.2 cm³/mol. The van der Waals surface area contributed by atoms with Crippen molar-refractivity contribution in [1.82, 2.24) is 4.98 Å². The van der Waals surface area contributed by atoms with E-state index in [-0.39, 0.29) is 24.1 Å². The Morgan fingerprint density at radius 1 is 1.20 bits per heavy atom. The Morgan fingerprint density at radius 2 is 1.96 bits per heavy atom. The fourth-order valence-corrected chi connectivity index (χ4v) is 2.84. The third-order valence-electron chi connectivity index (χ3n) is 3.35. The molecule has 2 amide bonds. The number of furan rings is 1. The van der Waals surface area contributed by atoms with Crippen molar-refractivity contribution in [3.05, 3.63) is 64.8 Å². The minimum Gasteiger partial charge on any atom is -0.469 e. The summed E-state index contributed by atoms with van der Waals surface area (Å²) >= 11 is 1.23. The number of anilines is 2. The number of aryl methyl sites for hydroxylation is 1. The molecule has 1 aromatic carbocycles. The van der Waals surface area contributed by atoms with Crippen molar-refractivity contribution in [1.29, 1.82) is 0 Å². The normalized spacial score (nSPS) is 10.5. The van der Waals surface area contributed by atoms with Crippen LogP contribution >= 0.6 is 11.3 Å². The van der Waals surface area contributed by atoms with Gasteiger partial charge in [-0.05, 0) is 37.3 Å². The molecule has 3 aromatic rings. The standard InChI is InChI=1S/C17H14FN3O3S/c1-10-14(6-7-24-10)16(23)21-17-20-13(9-25-17)8-15(22)19-12-4-2-11(18)3-5-12/h2-7,9H,8H2,1H3,(H,19,22)(H,20,21,23). The van der Waals surface area contributed by atoms with E-state index in [1.165, 1.54) is 41.9 Å². The lowest BCUT2D eigenvalue weighted by molar-refractivity contribution is -0.115. The van der Waals surface area contributed by atoms with E-state index in [0.717, 1.165) is 0 Å². The number of carbonyl (C=O) groups excluding carboxylic acids is 2. The molecule has 0 saturated carbocycles. The lowest BCUT2D eigenvalue weighted by atomic mass is 10.2. The number of amides is 2. The van der Waals surface area contributed by atoms with E-state index in [2.05, 4.69) is 15.6 Å². The Morgan fingerprint density at radius 3 is 2.64 bits per heavy atom. The van der Waals surface area contributed by atoms with Crippen LogP contribution in [0, 0.1) is 12.7 Å². The van der Waals surface area contributed by atoms with Gasteiger partial charge in [0.2, 0.25) is 5.91 Å². The maximum absolute atomic E-state index is 12.8. The molecule has 0 spiro atoms. The summed E-state index contributed by atoms with van der Waals surface area (Å²) in [5, 5.41) is 7.42. The van der Waals surface area contributed by atoms with E-state index >= 15 is 0 Å². The van der Waals surface area contributed by atoms with E-state index in [1.54, 1.807) is 18.4 Å². The molecule has 25 heavy (non-hydrogen) atoms. The van der Waals surface area contributed by atoms with Crippen LogP contribution in [0.15, 0.2) is 46.4 Å². The maximum Gasteiger partial charge on any atom is 0.260 e. The van der Waals surface area contributed by atoms with Crippen LogP contribution in [-0.4, -0.2) is 16.8 Å². The SMILES string of the molecule is Cc1occc1C(=O)Nc1nc(CC(=O)Nc2ccc(F)cc2)cs1. The molecule has 8 heteroatoms. The zero-order chi connectivity index (χ0) is 17.8. The first-order valence-corrected chi connectivity index (χ1v) is 8.24. The minimum absolute atomic E-state index is 0.0501. The number of halogens is 1. The summed E-state index contributed by atoms with van der Waals surface area (Å²) in [4.78, 5) is 28.3. The quantitative estimate of drug-likeness (QED) is 0.729. The number of benzene rings is 1. The highest BCUT2D eigenvalue weighted by molar-refractivity contribution is 7.14. The first kappa shape index (κ1) is 16.8. The molecule has 0 bridgehead atoms. The van der Waals surface area contributed by atoms with Gasteiger partial charge >= 0.3 is 0 Å². The molecule has 0 fully saturated rings. The van der Waals surface area contributed by atoms with Crippen LogP contribution in [0.5, 0.6) is 0 Å². The molecular weight excluding hydrogens is 345 g/mol. The van der Waals surface area contributed by atoms with Crippen molar-refractivity contribution >= 4 is 34.0 Å². The minimum atomic E-state index is -0.370. The van der Waals surface area contributed by atoms with Gasteiger partial charge in [0, 0.05) is 11.1 Å². The second-order valence-electron chi connectivity index (χ2n) is 5.22. The number of hydrogen-bond donors (Lipinski definition) is 2. The van der Waals surface area contributed by atoms with Crippen molar-refractivity contribution in [3.8, 4) is 0 Å². The summed E-state index contributed by atoms with van der Waals surface area (Å²) in [6.45, 7) is 1.70. The number of nitrogens with zero attached hydrogens (tertiary/aromatic N) is 1. The van der Waals surface area contributed by atoms with E-state index in [9.17, 15) is 14.0 Å². The smallest absolute Gasteiger partial charge is 0.260 e.